The van der Waals surface area contributed by atoms with Crippen LogP contribution in [0.1, 0.15) is 19.8 Å². The van der Waals surface area contributed by atoms with Crippen LogP contribution in [0.2, 0.25) is 0 Å². The van der Waals surface area contributed by atoms with Crippen LogP contribution in [0.3, 0.4) is 0 Å². The third kappa shape index (κ3) is 1.84. The number of hydrogen-bond donors (Lipinski definition) is 2. The van der Waals surface area contributed by atoms with Gasteiger partial charge in [0.15, 0.2) is 0 Å². The van der Waals surface area contributed by atoms with Crippen LogP contribution >= 0.6 is 12.4 Å². The second-order valence-electron chi connectivity index (χ2n) is 3.38. The van der Waals surface area contributed by atoms with Gasteiger partial charge < -0.3 is 10.8 Å². The molecular formula is C7H14ClNO2. The summed E-state index contributed by atoms with van der Waals surface area (Å²) in [5.41, 5.74) is 4.89. The van der Waals surface area contributed by atoms with E-state index in [9.17, 15) is 4.79 Å². The summed E-state index contributed by atoms with van der Waals surface area (Å²) in [4.78, 5) is 10.5. The monoisotopic (exact) mass is 179 g/mol. The Kier molecular flexibility index (Phi) is 3.32. The predicted octanol–water partition coefficient (Wildman–Crippen LogP) is 0.868. The van der Waals surface area contributed by atoms with Gasteiger partial charge in [0, 0.05) is 0 Å². The van der Waals surface area contributed by atoms with Crippen molar-refractivity contribution in [3.63, 3.8) is 0 Å². The van der Waals surface area contributed by atoms with E-state index < -0.39 is 11.4 Å². The molecular weight excluding hydrogens is 166 g/mol. The van der Waals surface area contributed by atoms with Gasteiger partial charge in [-0.1, -0.05) is 0 Å². The summed E-state index contributed by atoms with van der Waals surface area (Å²) in [6.45, 7) is 2.41. The van der Waals surface area contributed by atoms with Crippen LogP contribution in [-0.4, -0.2) is 17.6 Å². The maximum Gasteiger partial charge on any atom is 0.309 e. The van der Waals surface area contributed by atoms with Gasteiger partial charge in [-0.15, -0.1) is 12.4 Å². The van der Waals surface area contributed by atoms with E-state index in [2.05, 4.69) is 0 Å². The first-order valence-corrected chi connectivity index (χ1v) is 3.52. The Bertz CT molecular complexity index is 155. The standard InChI is InChI=1S/C7H13NO2.ClH/c1-7(6(9)10)2-5(3-7)4-8;/h5H,2-4,8H2,1H3,(H,9,10);1H. The minimum absolute atomic E-state index is 0. The van der Waals surface area contributed by atoms with Gasteiger partial charge in [-0.3, -0.25) is 4.79 Å². The van der Waals surface area contributed by atoms with E-state index in [-0.39, 0.29) is 12.4 Å². The van der Waals surface area contributed by atoms with Crippen LogP contribution < -0.4 is 5.73 Å². The highest BCUT2D eigenvalue weighted by atomic mass is 35.5. The average molecular weight is 180 g/mol. The van der Waals surface area contributed by atoms with E-state index in [0.29, 0.717) is 12.5 Å². The van der Waals surface area contributed by atoms with Crippen molar-refractivity contribution in [1.82, 2.24) is 0 Å². The lowest BCUT2D eigenvalue weighted by Crippen LogP contribution is -2.44. The highest BCUT2D eigenvalue weighted by Crippen LogP contribution is 2.44. The maximum atomic E-state index is 10.5. The molecule has 1 saturated carbocycles. The molecule has 66 valence electrons. The molecule has 11 heavy (non-hydrogen) atoms. The Morgan fingerprint density at radius 1 is 1.73 bits per heavy atom. The molecule has 0 aromatic carbocycles. The summed E-state index contributed by atoms with van der Waals surface area (Å²) < 4.78 is 0. The van der Waals surface area contributed by atoms with Crippen LogP contribution in [0.15, 0.2) is 0 Å². The summed E-state index contributed by atoms with van der Waals surface area (Å²) in [7, 11) is 0. The summed E-state index contributed by atoms with van der Waals surface area (Å²) in [5, 5.41) is 8.66. The fourth-order valence-electron chi connectivity index (χ4n) is 1.56. The summed E-state index contributed by atoms with van der Waals surface area (Å²) in [6.07, 6.45) is 1.50. The van der Waals surface area contributed by atoms with Crippen molar-refractivity contribution in [3.05, 3.63) is 0 Å². The lowest BCUT2D eigenvalue weighted by molar-refractivity contribution is -0.156. The zero-order valence-electron chi connectivity index (χ0n) is 6.54. The van der Waals surface area contributed by atoms with Crippen molar-refractivity contribution in [2.45, 2.75) is 19.8 Å². The minimum Gasteiger partial charge on any atom is -0.481 e. The number of aliphatic carboxylic acids is 1. The molecule has 0 aromatic heterocycles. The van der Waals surface area contributed by atoms with Crippen LogP contribution in [0.5, 0.6) is 0 Å². The molecule has 0 saturated heterocycles. The molecule has 4 heteroatoms. The fraction of sp³-hybridized carbons (Fsp3) is 0.857. The van der Waals surface area contributed by atoms with Crippen LogP contribution in [0.4, 0.5) is 0 Å². The summed E-state index contributed by atoms with van der Waals surface area (Å²) in [5.74, 6) is -0.238. The SMILES string of the molecule is CC1(C(=O)O)CC(CN)C1.Cl. The van der Waals surface area contributed by atoms with E-state index in [1.807, 2.05) is 0 Å². The van der Waals surface area contributed by atoms with E-state index in [4.69, 9.17) is 10.8 Å². The first-order chi connectivity index (χ1) is 4.58. The summed E-state index contributed by atoms with van der Waals surface area (Å²) >= 11 is 0. The second-order valence-corrected chi connectivity index (χ2v) is 3.38. The third-order valence-corrected chi connectivity index (χ3v) is 2.33. The lowest BCUT2D eigenvalue weighted by atomic mass is 9.63. The summed E-state index contributed by atoms with van der Waals surface area (Å²) in [6, 6.07) is 0. The van der Waals surface area contributed by atoms with Crippen molar-refractivity contribution >= 4 is 18.4 Å². The van der Waals surface area contributed by atoms with E-state index in [1.165, 1.54) is 0 Å². The van der Waals surface area contributed by atoms with Gasteiger partial charge >= 0.3 is 5.97 Å². The zero-order valence-corrected chi connectivity index (χ0v) is 7.36. The Morgan fingerprint density at radius 3 is 2.45 bits per heavy atom. The third-order valence-electron chi connectivity index (χ3n) is 2.33. The smallest absolute Gasteiger partial charge is 0.309 e. The van der Waals surface area contributed by atoms with Crippen LogP contribution in [0, 0.1) is 11.3 Å². The topological polar surface area (TPSA) is 63.3 Å². The molecule has 0 radical (unpaired) electrons. The van der Waals surface area contributed by atoms with Gasteiger partial charge in [0.2, 0.25) is 0 Å². The Balaban J connectivity index is 0.000001000. The predicted molar refractivity (Wildman–Crippen MR) is 44.8 cm³/mol. The van der Waals surface area contributed by atoms with Crippen molar-refractivity contribution in [2.24, 2.45) is 17.1 Å². The highest BCUT2D eigenvalue weighted by Gasteiger charge is 2.45. The van der Waals surface area contributed by atoms with Gasteiger partial charge in [0.1, 0.15) is 0 Å². The Morgan fingerprint density at radius 2 is 2.18 bits per heavy atom. The van der Waals surface area contributed by atoms with Crippen LogP contribution in [0.25, 0.3) is 0 Å². The fourth-order valence-corrected chi connectivity index (χ4v) is 1.56. The normalized spacial score (nSPS) is 35.3. The Hall–Kier alpha value is -0.280. The van der Waals surface area contributed by atoms with Crippen LogP contribution in [-0.2, 0) is 4.79 Å². The number of rotatable bonds is 2. The first-order valence-electron chi connectivity index (χ1n) is 3.52. The minimum atomic E-state index is -0.683. The van der Waals surface area contributed by atoms with Gasteiger partial charge in [0.05, 0.1) is 5.41 Å². The molecule has 0 unspecified atom stereocenters. The molecule has 3 nitrogen and oxygen atoms in total. The highest BCUT2D eigenvalue weighted by molar-refractivity contribution is 5.85. The van der Waals surface area contributed by atoms with E-state index >= 15 is 0 Å². The molecule has 0 amide bonds. The molecule has 0 aromatic rings. The molecule has 0 spiro atoms. The Labute approximate surface area is 72.4 Å². The molecule has 0 atom stereocenters. The maximum absolute atomic E-state index is 10.5. The quantitative estimate of drug-likeness (QED) is 0.661. The number of nitrogens with two attached hydrogens (primary N) is 1. The van der Waals surface area contributed by atoms with Gasteiger partial charge in [-0.25, -0.2) is 0 Å². The molecule has 0 bridgehead atoms. The van der Waals surface area contributed by atoms with Gasteiger partial charge in [0.25, 0.3) is 0 Å². The molecule has 1 aliphatic rings. The average Bonchev–Trinajstić information content (AvgIpc) is 1.80. The number of carboxylic acids is 1. The van der Waals surface area contributed by atoms with Gasteiger partial charge in [-0.2, -0.15) is 0 Å². The molecule has 1 fully saturated rings. The molecule has 3 N–H and O–H groups in total. The van der Waals surface area contributed by atoms with Crippen molar-refractivity contribution in [2.75, 3.05) is 6.54 Å². The van der Waals surface area contributed by atoms with E-state index in [0.717, 1.165) is 12.8 Å². The second kappa shape index (κ2) is 3.41. The number of halogens is 1. The van der Waals surface area contributed by atoms with Gasteiger partial charge in [-0.05, 0) is 32.2 Å². The van der Waals surface area contributed by atoms with Crippen molar-refractivity contribution in [3.8, 4) is 0 Å². The van der Waals surface area contributed by atoms with Crippen molar-refractivity contribution < 1.29 is 9.90 Å². The van der Waals surface area contributed by atoms with E-state index in [1.54, 1.807) is 6.92 Å². The number of hydrogen-bond acceptors (Lipinski definition) is 2. The molecule has 1 aliphatic carbocycles. The molecule has 1 rings (SSSR count). The largest absolute Gasteiger partial charge is 0.481 e. The number of carbonyl (C=O) groups is 1. The number of carboxylic acid groups (broad SMARTS) is 1. The lowest BCUT2D eigenvalue weighted by Gasteiger charge is -2.41. The zero-order chi connectivity index (χ0) is 7.78. The first kappa shape index (κ1) is 10.7. The molecule has 0 heterocycles. The van der Waals surface area contributed by atoms with Crippen molar-refractivity contribution in [1.29, 1.82) is 0 Å². The molecule has 0 aliphatic heterocycles.